The van der Waals surface area contributed by atoms with Crippen LogP contribution in [0, 0.1) is 11.8 Å². The molecule has 0 bridgehead atoms. The van der Waals surface area contributed by atoms with Gasteiger partial charge >= 0.3 is 6.09 Å². The summed E-state index contributed by atoms with van der Waals surface area (Å²) in [6, 6.07) is -0.0232. The van der Waals surface area contributed by atoms with Crippen LogP contribution in [0.4, 0.5) is 4.79 Å². The van der Waals surface area contributed by atoms with Gasteiger partial charge in [-0.15, -0.1) is 0 Å². The number of nitrogens with one attached hydrogen (secondary N) is 2. The molecular weight excluding hydrogens is 352 g/mol. The van der Waals surface area contributed by atoms with Crippen LogP contribution in [0.2, 0.25) is 0 Å². The van der Waals surface area contributed by atoms with Gasteiger partial charge in [-0.2, -0.15) is 0 Å². The first-order valence-corrected chi connectivity index (χ1v) is 9.27. The van der Waals surface area contributed by atoms with E-state index in [1.165, 1.54) is 18.6 Å². The van der Waals surface area contributed by atoms with Crippen LogP contribution in [0.15, 0.2) is 23.0 Å². The lowest BCUT2D eigenvalue weighted by molar-refractivity contribution is -0.128. The first kappa shape index (κ1) is 21.0. The zero-order valence-corrected chi connectivity index (χ0v) is 16.2. The monoisotopic (exact) mass is 380 g/mol. The standard InChI is InChI=1S/C19H28N2O6/c1-5-16-17(15(22)10-26-16)21-18(23)14(8-12(4)11(2)3)20-19(24)27-13-6-7-25-9-13/h6-7,9,11-12,14,16-17H,5,8,10H2,1-4H3,(H,20,24)(H,21,23)/t12?,14-,16?,17?/m0/s1. The quantitative estimate of drug-likeness (QED) is 0.716. The predicted molar refractivity (Wildman–Crippen MR) is 97.2 cm³/mol. The lowest BCUT2D eigenvalue weighted by atomic mass is 9.90. The van der Waals surface area contributed by atoms with Crippen molar-refractivity contribution < 1.29 is 28.3 Å². The normalized spacial score (nSPS) is 21.7. The van der Waals surface area contributed by atoms with Crippen molar-refractivity contribution in [3.05, 3.63) is 18.6 Å². The van der Waals surface area contributed by atoms with Crippen molar-refractivity contribution in [3.8, 4) is 5.75 Å². The molecule has 8 nitrogen and oxygen atoms in total. The van der Waals surface area contributed by atoms with E-state index in [1.807, 2.05) is 27.7 Å². The maximum atomic E-state index is 12.8. The number of hydrogen-bond donors (Lipinski definition) is 2. The second-order valence-electron chi connectivity index (χ2n) is 7.21. The van der Waals surface area contributed by atoms with Gasteiger partial charge in [0.2, 0.25) is 5.91 Å². The van der Waals surface area contributed by atoms with Crippen molar-refractivity contribution in [2.24, 2.45) is 11.8 Å². The summed E-state index contributed by atoms with van der Waals surface area (Å²) in [6.07, 6.45) is 2.59. The third-order valence-electron chi connectivity index (χ3n) is 4.92. The number of Topliss-reactive ketones (excluding diaryl/α,β-unsaturated/α-hetero) is 1. The van der Waals surface area contributed by atoms with E-state index in [-0.39, 0.29) is 30.2 Å². The van der Waals surface area contributed by atoms with Crippen LogP contribution in [0.3, 0.4) is 0 Å². The molecule has 0 saturated carbocycles. The number of hydrogen-bond acceptors (Lipinski definition) is 6. The van der Waals surface area contributed by atoms with Crippen molar-refractivity contribution in [1.82, 2.24) is 10.6 Å². The fourth-order valence-corrected chi connectivity index (χ4v) is 2.83. The minimum absolute atomic E-state index is 0.00746. The molecule has 3 unspecified atom stereocenters. The van der Waals surface area contributed by atoms with E-state index in [4.69, 9.17) is 13.9 Å². The Bertz CT molecular complexity index is 643. The minimum Gasteiger partial charge on any atom is -0.469 e. The predicted octanol–water partition coefficient (Wildman–Crippen LogP) is 2.28. The summed E-state index contributed by atoms with van der Waals surface area (Å²) in [7, 11) is 0. The highest BCUT2D eigenvalue weighted by molar-refractivity contribution is 5.94. The number of ketones is 1. The van der Waals surface area contributed by atoms with E-state index in [2.05, 4.69) is 10.6 Å². The zero-order chi connectivity index (χ0) is 20.0. The van der Waals surface area contributed by atoms with Crippen LogP contribution < -0.4 is 15.4 Å². The van der Waals surface area contributed by atoms with Crippen molar-refractivity contribution in [3.63, 3.8) is 0 Å². The van der Waals surface area contributed by atoms with Crippen LogP contribution in [0.5, 0.6) is 5.75 Å². The minimum atomic E-state index is -0.826. The molecule has 2 rings (SSSR count). The van der Waals surface area contributed by atoms with Gasteiger partial charge in [0.15, 0.2) is 11.5 Å². The lowest BCUT2D eigenvalue weighted by Gasteiger charge is -2.25. The van der Waals surface area contributed by atoms with Gasteiger partial charge in [0.25, 0.3) is 0 Å². The highest BCUT2D eigenvalue weighted by Gasteiger charge is 2.37. The van der Waals surface area contributed by atoms with Crippen LogP contribution in [-0.2, 0) is 14.3 Å². The number of furan rings is 1. The van der Waals surface area contributed by atoms with Gasteiger partial charge in [0, 0.05) is 6.07 Å². The Labute approximate surface area is 159 Å². The van der Waals surface area contributed by atoms with Crippen LogP contribution in [0.25, 0.3) is 0 Å². The summed E-state index contributed by atoms with van der Waals surface area (Å²) in [4.78, 5) is 37.0. The van der Waals surface area contributed by atoms with Crippen LogP contribution in [0.1, 0.15) is 40.5 Å². The molecule has 150 valence electrons. The number of ether oxygens (including phenoxy) is 2. The largest absolute Gasteiger partial charge is 0.469 e. The highest BCUT2D eigenvalue weighted by atomic mass is 16.6. The molecule has 1 aromatic heterocycles. The summed E-state index contributed by atoms with van der Waals surface area (Å²) in [5.41, 5.74) is 0. The molecule has 1 fully saturated rings. The Morgan fingerprint density at radius 2 is 2.07 bits per heavy atom. The van der Waals surface area contributed by atoms with E-state index >= 15 is 0 Å². The SMILES string of the molecule is CCC1OCC(=O)C1NC(=O)[C@H](CC(C)C(C)C)NC(=O)Oc1ccoc1. The average Bonchev–Trinajstić information content (AvgIpc) is 3.24. The molecule has 1 aliphatic heterocycles. The summed E-state index contributed by atoms with van der Waals surface area (Å²) < 4.78 is 15.3. The zero-order valence-electron chi connectivity index (χ0n) is 16.2. The van der Waals surface area contributed by atoms with E-state index < -0.39 is 24.1 Å². The molecule has 1 saturated heterocycles. The Hall–Kier alpha value is -2.35. The lowest BCUT2D eigenvalue weighted by Crippen LogP contribution is -2.54. The molecule has 8 heteroatoms. The van der Waals surface area contributed by atoms with E-state index in [0.29, 0.717) is 18.8 Å². The Kier molecular flexibility index (Phi) is 7.41. The first-order valence-electron chi connectivity index (χ1n) is 9.27. The van der Waals surface area contributed by atoms with Crippen LogP contribution >= 0.6 is 0 Å². The summed E-state index contributed by atoms with van der Waals surface area (Å²) in [6.45, 7) is 7.98. The van der Waals surface area contributed by atoms with Crippen molar-refractivity contribution in [2.45, 2.75) is 58.7 Å². The molecule has 1 aliphatic rings. The summed E-state index contributed by atoms with van der Waals surface area (Å²) >= 11 is 0. The topological polar surface area (TPSA) is 107 Å². The van der Waals surface area contributed by atoms with Gasteiger partial charge in [0.05, 0.1) is 12.4 Å². The van der Waals surface area contributed by atoms with Gasteiger partial charge < -0.3 is 24.5 Å². The molecule has 2 N–H and O–H groups in total. The maximum Gasteiger partial charge on any atom is 0.413 e. The highest BCUT2D eigenvalue weighted by Crippen LogP contribution is 2.19. The van der Waals surface area contributed by atoms with E-state index in [9.17, 15) is 14.4 Å². The smallest absolute Gasteiger partial charge is 0.413 e. The first-order chi connectivity index (χ1) is 12.8. The Morgan fingerprint density at radius 1 is 1.33 bits per heavy atom. The van der Waals surface area contributed by atoms with Gasteiger partial charge in [-0.05, 0) is 24.7 Å². The maximum absolute atomic E-state index is 12.8. The second kappa shape index (κ2) is 9.55. The fourth-order valence-electron chi connectivity index (χ4n) is 2.83. The van der Waals surface area contributed by atoms with Gasteiger partial charge in [-0.25, -0.2) is 4.79 Å². The fraction of sp³-hybridized carbons (Fsp3) is 0.632. The Balaban J connectivity index is 2.04. The number of carbonyl (C=O) groups excluding carboxylic acids is 3. The Morgan fingerprint density at radius 3 is 2.67 bits per heavy atom. The van der Waals surface area contributed by atoms with E-state index in [1.54, 1.807) is 0 Å². The van der Waals surface area contributed by atoms with E-state index in [0.717, 1.165) is 0 Å². The molecule has 2 heterocycles. The number of rotatable bonds is 8. The molecule has 0 spiro atoms. The molecule has 4 atom stereocenters. The molecule has 2 amide bonds. The number of amides is 2. The third kappa shape index (κ3) is 5.82. The molecule has 1 aromatic rings. The van der Waals surface area contributed by atoms with Crippen LogP contribution in [-0.4, -0.2) is 42.6 Å². The molecule has 0 aliphatic carbocycles. The molecule has 0 aromatic carbocycles. The summed E-state index contributed by atoms with van der Waals surface area (Å²) in [5, 5.41) is 5.33. The van der Waals surface area contributed by atoms with Gasteiger partial charge in [0.1, 0.15) is 25.0 Å². The third-order valence-corrected chi connectivity index (χ3v) is 4.92. The van der Waals surface area contributed by atoms with Crippen molar-refractivity contribution in [2.75, 3.05) is 6.61 Å². The average molecular weight is 380 g/mol. The van der Waals surface area contributed by atoms with Crippen molar-refractivity contribution in [1.29, 1.82) is 0 Å². The van der Waals surface area contributed by atoms with Crippen molar-refractivity contribution >= 4 is 17.8 Å². The summed E-state index contributed by atoms with van der Waals surface area (Å²) in [5.74, 6) is 0.161. The van der Waals surface area contributed by atoms with Gasteiger partial charge in [-0.3, -0.25) is 9.59 Å². The molecule has 0 radical (unpaired) electrons. The molecule has 27 heavy (non-hydrogen) atoms. The number of carbonyl (C=O) groups is 3. The second-order valence-corrected chi connectivity index (χ2v) is 7.21. The molecular formula is C19H28N2O6. The van der Waals surface area contributed by atoms with Gasteiger partial charge in [-0.1, -0.05) is 27.7 Å².